The van der Waals surface area contributed by atoms with Gasteiger partial charge in [0.05, 0.1) is 11.4 Å². The van der Waals surface area contributed by atoms with Crippen LogP contribution in [0.2, 0.25) is 0 Å². The summed E-state index contributed by atoms with van der Waals surface area (Å²) in [6, 6.07) is 3.23. The smallest absolute Gasteiger partial charge is 0.181 e. The van der Waals surface area contributed by atoms with Crippen molar-refractivity contribution in [2.24, 2.45) is 4.99 Å². The van der Waals surface area contributed by atoms with Crippen LogP contribution in [0.4, 0.5) is 10.1 Å². The average molecular weight is 233 g/mol. The van der Waals surface area contributed by atoms with Gasteiger partial charge >= 0.3 is 0 Å². The lowest BCUT2D eigenvalue weighted by Crippen LogP contribution is -2.19. The molecule has 17 heavy (non-hydrogen) atoms. The highest BCUT2D eigenvalue weighted by atomic mass is 19.1. The summed E-state index contributed by atoms with van der Waals surface area (Å²) in [5.41, 5.74) is 2.67. The van der Waals surface area contributed by atoms with Gasteiger partial charge in [0, 0.05) is 12.5 Å². The van der Waals surface area contributed by atoms with E-state index in [4.69, 9.17) is 0 Å². The van der Waals surface area contributed by atoms with Crippen LogP contribution in [0.1, 0.15) is 44.2 Å². The standard InChI is InChI=1S/C14H16FNO/c1-4-12-14(17)6-9-5-10(8(2)3)11(15)7-13(9)16-12/h5,7-8H,4,6H2,1-3H3. The van der Waals surface area contributed by atoms with Crippen LogP contribution in [-0.4, -0.2) is 11.5 Å². The molecule has 1 aromatic carbocycles. The van der Waals surface area contributed by atoms with Gasteiger partial charge in [0.25, 0.3) is 0 Å². The molecule has 0 unspecified atom stereocenters. The minimum absolute atomic E-state index is 0.0568. The number of nitrogens with zero attached hydrogens (tertiary/aromatic N) is 1. The van der Waals surface area contributed by atoms with Crippen molar-refractivity contribution >= 4 is 17.2 Å². The summed E-state index contributed by atoms with van der Waals surface area (Å²) >= 11 is 0. The highest BCUT2D eigenvalue weighted by Crippen LogP contribution is 2.31. The van der Waals surface area contributed by atoms with Gasteiger partial charge in [0.1, 0.15) is 5.82 Å². The topological polar surface area (TPSA) is 29.4 Å². The van der Waals surface area contributed by atoms with Crippen molar-refractivity contribution in [2.45, 2.75) is 39.5 Å². The number of fused-ring (bicyclic) bond motifs is 1. The number of rotatable bonds is 2. The van der Waals surface area contributed by atoms with Crippen molar-refractivity contribution in [3.63, 3.8) is 0 Å². The Morgan fingerprint density at radius 1 is 1.41 bits per heavy atom. The SMILES string of the molecule is CCC1=Nc2cc(F)c(C(C)C)cc2CC1=O. The monoisotopic (exact) mass is 233 g/mol. The van der Waals surface area contributed by atoms with Gasteiger partial charge in [-0.25, -0.2) is 9.38 Å². The fourth-order valence-electron chi connectivity index (χ4n) is 2.07. The van der Waals surface area contributed by atoms with E-state index in [1.807, 2.05) is 20.8 Å². The Bertz CT molecular complexity index is 503. The van der Waals surface area contributed by atoms with Crippen molar-refractivity contribution in [3.05, 3.63) is 29.1 Å². The number of carbonyl (C=O) groups is 1. The Hall–Kier alpha value is -1.51. The molecule has 2 rings (SSSR count). The molecule has 3 heteroatoms. The van der Waals surface area contributed by atoms with E-state index < -0.39 is 0 Å². The van der Waals surface area contributed by atoms with Gasteiger partial charge in [-0.1, -0.05) is 26.8 Å². The van der Waals surface area contributed by atoms with Crippen molar-refractivity contribution in [3.8, 4) is 0 Å². The molecule has 0 fully saturated rings. The fraction of sp³-hybridized carbons (Fsp3) is 0.429. The minimum atomic E-state index is -0.229. The van der Waals surface area contributed by atoms with Crippen LogP contribution in [0.25, 0.3) is 0 Å². The van der Waals surface area contributed by atoms with E-state index in [0.29, 0.717) is 29.8 Å². The second-order valence-electron chi connectivity index (χ2n) is 4.67. The lowest BCUT2D eigenvalue weighted by Gasteiger charge is -2.16. The molecule has 0 aromatic heterocycles. The lowest BCUT2D eigenvalue weighted by molar-refractivity contribution is -0.112. The third kappa shape index (κ3) is 2.14. The van der Waals surface area contributed by atoms with Crippen molar-refractivity contribution in [1.29, 1.82) is 0 Å². The first kappa shape index (κ1) is 12.0. The fourth-order valence-corrected chi connectivity index (χ4v) is 2.07. The third-order valence-electron chi connectivity index (χ3n) is 3.08. The Morgan fingerprint density at radius 2 is 2.12 bits per heavy atom. The Kier molecular flexibility index (Phi) is 3.09. The molecule has 1 aliphatic heterocycles. The van der Waals surface area contributed by atoms with Crippen molar-refractivity contribution in [1.82, 2.24) is 0 Å². The van der Waals surface area contributed by atoms with Gasteiger partial charge in [-0.05, 0) is 23.5 Å². The van der Waals surface area contributed by atoms with Gasteiger partial charge in [-0.3, -0.25) is 4.79 Å². The van der Waals surface area contributed by atoms with Crippen LogP contribution in [0.15, 0.2) is 17.1 Å². The van der Waals surface area contributed by atoms with Crippen LogP contribution in [0, 0.1) is 5.82 Å². The summed E-state index contributed by atoms with van der Waals surface area (Å²) in [6.45, 7) is 5.77. The zero-order chi connectivity index (χ0) is 12.6. The molecule has 0 bridgehead atoms. The molecule has 0 aliphatic carbocycles. The van der Waals surface area contributed by atoms with Gasteiger partial charge < -0.3 is 0 Å². The Labute approximate surface area is 101 Å². The highest BCUT2D eigenvalue weighted by Gasteiger charge is 2.21. The molecule has 2 nitrogen and oxygen atoms in total. The van der Waals surface area contributed by atoms with Gasteiger partial charge in [0.15, 0.2) is 5.78 Å². The summed E-state index contributed by atoms with van der Waals surface area (Å²) in [5, 5.41) is 0. The normalized spacial score (nSPS) is 14.9. The zero-order valence-corrected chi connectivity index (χ0v) is 10.4. The van der Waals surface area contributed by atoms with Gasteiger partial charge in [-0.15, -0.1) is 0 Å². The van der Waals surface area contributed by atoms with E-state index in [-0.39, 0.29) is 17.5 Å². The van der Waals surface area contributed by atoms with Crippen LogP contribution in [0.5, 0.6) is 0 Å². The maximum Gasteiger partial charge on any atom is 0.181 e. The molecule has 1 heterocycles. The Morgan fingerprint density at radius 3 is 2.71 bits per heavy atom. The lowest BCUT2D eigenvalue weighted by atomic mass is 9.93. The van der Waals surface area contributed by atoms with Crippen molar-refractivity contribution < 1.29 is 9.18 Å². The molecule has 0 saturated heterocycles. The minimum Gasteiger partial charge on any atom is -0.292 e. The first-order chi connectivity index (χ1) is 8.02. The van der Waals surface area contributed by atoms with E-state index in [1.54, 1.807) is 6.07 Å². The molecule has 1 aliphatic rings. The molecular formula is C14H16FNO. The van der Waals surface area contributed by atoms with Crippen molar-refractivity contribution in [2.75, 3.05) is 0 Å². The number of hydrogen-bond acceptors (Lipinski definition) is 2. The number of hydrogen-bond donors (Lipinski definition) is 0. The van der Waals surface area contributed by atoms with E-state index in [0.717, 1.165) is 5.56 Å². The van der Waals surface area contributed by atoms with E-state index >= 15 is 0 Å². The van der Waals surface area contributed by atoms with Crippen LogP contribution < -0.4 is 0 Å². The molecule has 0 N–H and O–H groups in total. The number of halogens is 1. The second-order valence-corrected chi connectivity index (χ2v) is 4.67. The second kappa shape index (κ2) is 4.40. The number of ketones is 1. The molecule has 0 atom stereocenters. The quantitative estimate of drug-likeness (QED) is 0.768. The molecule has 1 aromatic rings. The largest absolute Gasteiger partial charge is 0.292 e. The summed E-state index contributed by atoms with van der Waals surface area (Å²) in [7, 11) is 0. The third-order valence-corrected chi connectivity index (χ3v) is 3.08. The van der Waals surface area contributed by atoms with Gasteiger partial charge in [0.2, 0.25) is 0 Å². The number of Topliss-reactive ketones (excluding diaryl/α,β-unsaturated/α-hetero) is 1. The number of aliphatic imine (C=N–C) groups is 1. The predicted octanol–water partition coefficient (Wildman–Crippen LogP) is 3.56. The average Bonchev–Trinajstić information content (AvgIpc) is 2.27. The van der Waals surface area contributed by atoms with Gasteiger partial charge in [-0.2, -0.15) is 0 Å². The predicted molar refractivity (Wildman–Crippen MR) is 66.6 cm³/mol. The summed E-state index contributed by atoms with van der Waals surface area (Å²) < 4.78 is 13.8. The molecule has 0 radical (unpaired) electrons. The van der Waals surface area contributed by atoms with E-state index in [1.165, 1.54) is 6.07 Å². The van der Waals surface area contributed by atoms with E-state index in [2.05, 4.69) is 4.99 Å². The maximum atomic E-state index is 13.8. The zero-order valence-electron chi connectivity index (χ0n) is 10.4. The highest BCUT2D eigenvalue weighted by molar-refractivity contribution is 6.41. The number of carbonyl (C=O) groups excluding carboxylic acids is 1. The maximum absolute atomic E-state index is 13.8. The molecule has 0 spiro atoms. The summed E-state index contributed by atoms with van der Waals surface area (Å²) in [5.74, 6) is -0.0550. The molecule has 0 saturated carbocycles. The Balaban J connectivity index is 2.53. The number of benzene rings is 1. The first-order valence-corrected chi connectivity index (χ1v) is 5.96. The molecule has 90 valence electrons. The van der Waals surface area contributed by atoms with Crippen LogP contribution in [0.3, 0.4) is 0 Å². The molecule has 0 amide bonds. The summed E-state index contributed by atoms with van der Waals surface area (Å²) in [6.07, 6.45) is 0.952. The van der Waals surface area contributed by atoms with Crippen LogP contribution in [-0.2, 0) is 11.2 Å². The summed E-state index contributed by atoms with van der Waals surface area (Å²) in [4.78, 5) is 16.0. The first-order valence-electron chi connectivity index (χ1n) is 5.96. The molecular weight excluding hydrogens is 217 g/mol. The van der Waals surface area contributed by atoms with E-state index in [9.17, 15) is 9.18 Å². The van der Waals surface area contributed by atoms with Crippen LogP contribution >= 0.6 is 0 Å².